The van der Waals surface area contributed by atoms with Crippen LogP contribution >= 0.6 is 0 Å². The summed E-state index contributed by atoms with van der Waals surface area (Å²) in [7, 11) is 0. The quantitative estimate of drug-likeness (QED) is 0.877. The molecule has 3 nitrogen and oxygen atoms in total. The van der Waals surface area contributed by atoms with E-state index in [1.54, 1.807) is 12.1 Å². The van der Waals surface area contributed by atoms with E-state index in [2.05, 4.69) is 0 Å². The third-order valence-electron chi connectivity index (χ3n) is 3.10. The van der Waals surface area contributed by atoms with Gasteiger partial charge in [0, 0.05) is 13.0 Å². The smallest absolute Gasteiger partial charge is 0.165 e. The Kier molecular flexibility index (Phi) is 4.19. The molecule has 0 amide bonds. The molecule has 1 aromatic rings. The molecule has 1 N–H and O–H groups in total. The number of hydrogen-bond acceptors (Lipinski definition) is 3. The van der Waals surface area contributed by atoms with Crippen LogP contribution in [0.2, 0.25) is 0 Å². The van der Waals surface area contributed by atoms with Crippen molar-refractivity contribution in [3.05, 3.63) is 29.6 Å². The van der Waals surface area contributed by atoms with Gasteiger partial charge in [0.2, 0.25) is 0 Å². The van der Waals surface area contributed by atoms with Gasteiger partial charge in [-0.3, -0.25) is 0 Å². The Bertz CT molecular complexity index is 408. The van der Waals surface area contributed by atoms with Gasteiger partial charge in [-0.25, -0.2) is 4.39 Å². The zero-order valence-corrected chi connectivity index (χ0v) is 10.7. The van der Waals surface area contributed by atoms with Crippen LogP contribution < -0.4 is 4.74 Å². The molecule has 3 unspecified atom stereocenters. The second-order valence-corrected chi connectivity index (χ2v) is 4.73. The number of hydrogen-bond donors (Lipinski definition) is 1. The summed E-state index contributed by atoms with van der Waals surface area (Å²) in [5, 5.41) is 9.61. The van der Waals surface area contributed by atoms with Crippen molar-refractivity contribution in [1.29, 1.82) is 0 Å². The minimum absolute atomic E-state index is 0.233. The summed E-state index contributed by atoms with van der Waals surface area (Å²) in [6.07, 6.45) is 0.262. The van der Waals surface area contributed by atoms with Crippen LogP contribution in [0, 0.1) is 12.7 Å². The molecule has 3 atom stereocenters. The molecular weight excluding hydrogens is 235 g/mol. The molecule has 1 aliphatic rings. The fraction of sp³-hybridized carbons (Fsp3) is 0.571. The predicted molar refractivity (Wildman–Crippen MR) is 66.2 cm³/mol. The van der Waals surface area contributed by atoms with Crippen LogP contribution in [-0.2, 0) is 4.74 Å². The Morgan fingerprint density at radius 3 is 2.89 bits per heavy atom. The lowest BCUT2D eigenvalue weighted by Crippen LogP contribution is -2.55. The molecule has 100 valence electrons. The van der Waals surface area contributed by atoms with Gasteiger partial charge in [0.15, 0.2) is 11.6 Å². The molecule has 0 spiro atoms. The van der Waals surface area contributed by atoms with E-state index in [4.69, 9.17) is 9.47 Å². The van der Waals surface area contributed by atoms with Crippen molar-refractivity contribution in [2.45, 2.75) is 45.0 Å². The van der Waals surface area contributed by atoms with Crippen LogP contribution in [0.1, 0.15) is 25.3 Å². The van der Waals surface area contributed by atoms with Gasteiger partial charge in [0.25, 0.3) is 0 Å². The molecule has 18 heavy (non-hydrogen) atoms. The topological polar surface area (TPSA) is 38.7 Å². The third-order valence-corrected chi connectivity index (χ3v) is 3.10. The van der Waals surface area contributed by atoms with Gasteiger partial charge in [-0.1, -0.05) is 13.0 Å². The number of ether oxygens (including phenoxy) is 2. The van der Waals surface area contributed by atoms with Gasteiger partial charge in [-0.2, -0.15) is 0 Å². The van der Waals surface area contributed by atoms with E-state index < -0.39 is 6.10 Å². The van der Waals surface area contributed by atoms with Crippen molar-refractivity contribution in [3.8, 4) is 5.75 Å². The molecule has 1 saturated carbocycles. The number of aliphatic hydroxyl groups is 1. The molecule has 1 fully saturated rings. The zero-order chi connectivity index (χ0) is 13.1. The maximum atomic E-state index is 13.5. The number of aryl methyl sites for hydroxylation is 1. The van der Waals surface area contributed by atoms with Crippen LogP contribution in [0.3, 0.4) is 0 Å². The monoisotopic (exact) mass is 254 g/mol. The van der Waals surface area contributed by atoms with E-state index in [1.165, 1.54) is 6.07 Å². The van der Waals surface area contributed by atoms with Crippen LogP contribution in [0.25, 0.3) is 0 Å². The van der Waals surface area contributed by atoms with E-state index in [1.807, 2.05) is 13.8 Å². The van der Waals surface area contributed by atoms with Crippen molar-refractivity contribution in [1.82, 2.24) is 0 Å². The van der Waals surface area contributed by atoms with E-state index in [0.29, 0.717) is 13.0 Å². The summed E-state index contributed by atoms with van der Waals surface area (Å²) < 4.78 is 24.6. The van der Waals surface area contributed by atoms with E-state index in [0.717, 1.165) is 12.0 Å². The minimum Gasteiger partial charge on any atom is -0.484 e. The first-order chi connectivity index (χ1) is 8.61. The Labute approximate surface area is 107 Å². The van der Waals surface area contributed by atoms with Crippen molar-refractivity contribution in [3.63, 3.8) is 0 Å². The number of rotatable bonds is 5. The Morgan fingerprint density at radius 2 is 2.22 bits per heavy atom. The standard InChI is InChI=1S/C14H19FO3/c1-3-6-17-14-11(16)8-13(14)18-12-7-9(2)4-5-10(12)15/h4-5,7,11,13-14,16H,3,6,8H2,1-2H3. The van der Waals surface area contributed by atoms with Crippen molar-refractivity contribution >= 4 is 0 Å². The van der Waals surface area contributed by atoms with Gasteiger partial charge in [0.05, 0.1) is 6.10 Å². The molecule has 0 radical (unpaired) electrons. The number of benzene rings is 1. The van der Waals surface area contributed by atoms with E-state index >= 15 is 0 Å². The minimum atomic E-state index is -0.505. The van der Waals surface area contributed by atoms with Gasteiger partial charge in [-0.15, -0.1) is 0 Å². The van der Waals surface area contributed by atoms with Crippen LogP contribution in [0.5, 0.6) is 5.75 Å². The molecule has 0 saturated heterocycles. The average molecular weight is 254 g/mol. The van der Waals surface area contributed by atoms with Crippen LogP contribution in [0.15, 0.2) is 18.2 Å². The first-order valence-corrected chi connectivity index (χ1v) is 6.34. The van der Waals surface area contributed by atoms with Crippen LogP contribution in [-0.4, -0.2) is 30.0 Å². The second-order valence-electron chi connectivity index (χ2n) is 4.73. The predicted octanol–water partition coefficient (Wildman–Crippen LogP) is 2.44. The SMILES string of the molecule is CCCOC1C(O)CC1Oc1cc(C)ccc1F. The Balaban J connectivity index is 1.98. The van der Waals surface area contributed by atoms with Crippen molar-refractivity contribution < 1.29 is 19.0 Å². The summed E-state index contributed by atoms with van der Waals surface area (Å²) in [5.41, 5.74) is 0.942. The second kappa shape index (κ2) is 5.67. The van der Waals surface area contributed by atoms with E-state index in [-0.39, 0.29) is 23.8 Å². The zero-order valence-electron chi connectivity index (χ0n) is 10.7. The average Bonchev–Trinajstić information content (AvgIpc) is 2.33. The van der Waals surface area contributed by atoms with Gasteiger partial charge in [-0.05, 0) is 31.0 Å². The molecule has 0 bridgehead atoms. The number of aliphatic hydroxyl groups excluding tert-OH is 1. The third kappa shape index (κ3) is 2.82. The highest BCUT2D eigenvalue weighted by Gasteiger charge is 2.43. The lowest BCUT2D eigenvalue weighted by Gasteiger charge is -2.40. The maximum absolute atomic E-state index is 13.5. The first kappa shape index (κ1) is 13.3. The fourth-order valence-electron chi connectivity index (χ4n) is 2.01. The van der Waals surface area contributed by atoms with Gasteiger partial charge in [0.1, 0.15) is 12.2 Å². The van der Waals surface area contributed by atoms with Gasteiger partial charge < -0.3 is 14.6 Å². The molecule has 4 heteroatoms. The molecule has 1 aromatic carbocycles. The lowest BCUT2D eigenvalue weighted by atomic mass is 9.88. The van der Waals surface area contributed by atoms with Crippen molar-refractivity contribution in [2.24, 2.45) is 0 Å². The summed E-state index contributed by atoms with van der Waals surface area (Å²) >= 11 is 0. The highest BCUT2D eigenvalue weighted by atomic mass is 19.1. The van der Waals surface area contributed by atoms with Crippen molar-refractivity contribution in [2.75, 3.05) is 6.61 Å². The summed E-state index contributed by atoms with van der Waals surface area (Å²) in [6.45, 7) is 4.46. The lowest BCUT2D eigenvalue weighted by molar-refractivity contribution is -0.163. The highest BCUT2D eigenvalue weighted by Crippen LogP contribution is 2.30. The Hall–Kier alpha value is -1.13. The van der Waals surface area contributed by atoms with Crippen LogP contribution in [0.4, 0.5) is 4.39 Å². The fourth-order valence-corrected chi connectivity index (χ4v) is 2.01. The van der Waals surface area contributed by atoms with E-state index in [9.17, 15) is 9.50 Å². The maximum Gasteiger partial charge on any atom is 0.165 e. The molecule has 1 aliphatic carbocycles. The molecular formula is C14H19FO3. The summed E-state index contributed by atoms with van der Waals surface area (Å²) in [6, 6.07) is 4.75. The normalized spacial score (nSPS) is 26.8. The highest BCUT2D eigenvalue weighted by molar-refractivity contribution is 5.30. The Morgan fingerprint density at radius 1 is 1.44 bits per heavy atom. The molecule has 2 rings (SSSR count). The largest absolute Gasteiger partial charge is 0.484 e. The number of halogens is 1. The van der Waals surface area contributed by atoms with Gasteiger partial charge >= 0.3 is 0 Å². The molecule has 0 aromatic heterocycles. The first-order valence-electron chi connectivity index (χ1n) is 6.34. The summed E-state index contributed by atoms with van der Waals surface area (Å²) in [5.74, 6) is -0.145. The summed E-state index contributed by atoms with van der Waals surface area (Å²) in [4.78, 5) is 0. The molecule has 0 heterocycles. The molecule has 0 aliphatic heterocycles.